The Labute approximate surface area is 208 Å². The molecule has 6 heteroatoms. The fourth-order valence-corrected chi connectivity index (χ4v) is 3.82. The van der Waals surface area contributed by atoms with E-state index in [1.807, 2.05) is 36.4 Å². The Morgan fingerprint density at radius 2 is 1.66 bits per heavy atom. The van der Waals surface area contributed by atoms with Crippen molar-refractivity contribution in [1.82, 2.24) is 4.98 Å². The van der Waals surface area contributed by atoms with E-state index < -0.39 is 0 Å². The van der Waals surface area contributed by atoms with Gasteiger partial charge in [-0.1, -0.05) is 37.6 Å². The number of halogens is 1. The molecule has 35 heavy (non-hydrogen) atoms. The molecule has 0 saturated heterocycles. The van der Waals surface area contributed by atoms with Crippen molar-refractivity contribution in [3.05, 3.63) is 101 Å². The number of furan rings is 1. The first-order valence-corrected chi connectivity index (χ1v) is 11.7. The lowest BCUT2D eigenvalue weighted by Crippen LogP contribution is -2.07. The summed E-state index contributed by atoms with van der Waals surface area (Å²) >= 11 is 5.94. The summed E-state index contributed by atoms with van der Waals surface area (Å²) in [5, 5.41) is 3.52. The van der Waals surface area contributed by atoms with Crippen molar-refractivity contribution in [2.24, 2.45) is 0 Å². The highest BCUT2D eigenvalue weighted by atomic mass is 35.5. The molecule has 5 aromatic rings. The van der Waals surface area contributed by atoms with Crippen LogP contribution in [-0.2, 0) is 4.79 Å². The van der Waals surface area contributed by atoms with Crippen molar-refractivity contribution in [1.29, 1.82) is 0 Å². The third-order valence-corrected chi connectivity index (χ3v) is 5.89. The quantitative estimate of drug-likeness (QED) is 0.248. The van der Waals surface area contributed by atoms with Crippen LogP contribution in [0, 0.1) is 0 Å². The van der Waals surface area contributed by atoms with Gasteiger partial charge in [0.1, 0.15) is 17.0 Å². The lowest BCUT2D eigenvalue weighted by Gasteiger charge is -2.04. The average Bonchev–Trinajstić information content (AvgIpc) is 3.50. The topological polar surface area (TPSA) is 68.3 Å². The van der Waals surface area contributed by atoms with Crippen LogP contribution in [0.4, 0.5) is 5.69 Å². The smallest absolute Gasteiger partial charge is 0.248 e. The molecule has 0 aliphatic carbocycles. The van der Waals surface area contributed by atoms with Gasteiger partial charge >= 0.3 is 0 Å². The van der Waals surface area contributed by atoms with Gasteiger partial charge in [0, 0.05) is 27.9 Å². The molecule has 0 aliphatic heterocycles. The van der Waals surface area contributed by atoms with Gasteiger partial charge in [0.2, 0.25) is 11.8 Å². The highest BCUT2D eigenvalue weighted by Crippen LogP contribution is 2.28. The number of amides is 1. The highest BCUT2D eigenvalue weighted by molar-refractivity contribution is 6.30. The summed E-state index contributed by atoms with van der Waals surface area (Å²) in [4.78, 5) is 17.0. The molecule has 0 bridgehead atoms. The van der Waals surface area contributed by atoms with E-state index >= 15 is 0 Å². The number of nitrogens with one attached hydrogen (secondary N) is 1. The van der Waals surface area contributed by atoms with E-state index in [1.165, 1.54) is 11.6 Å². The number of rotatable bonds is 6. The number of oxazole rings is 1. The van der Waals surface area contributed by atoms with Crippen LogP contribution in [-0.4, -0.2) is 10.9 Å². The summed E-state index contributed by atoms with van der Waals surface area (Å²) < 4.78 is 11.7. The van der Waals surface area contributed by atoms with Crippen molar-refractivity contribution in [2.45, 2.75) is 19.8 Å². The molecule has 2 aromatic heterocycles. The van der Waals surface area contributed by atoms with E-state index in [0.717, 1.165) is 11.1 Å². The van der Waals surface area contributed by atoms with Crippen LogP contribution < -0.4 is 5.32 Å². The molecule has 174 valence electrons. The molecular formula is C29H23ClN2O3. The first-order chi connectivity index (χ1) is 16.9. The zero-order chi connectivity index (χ0) is 24.4. The minimum absolute atomic E-state index is 0.276. The lowest BCUT2D eigenvalue weighted by atomic mass is 10.0. The molecule has 0 aliphatic rings. The maximum atomic E-state index is 12.5. The van der Waals surface area contributed by atoms with Gasteiger partial charge < -0.3 is 14.2 Å². The van der Waals surface area contributed by atoms with Crippen LogP contribution in [0.15, 0.2) is 93.8 Å². The Morgan fingerprint density at radius 1 is 0.914 bits per heavy atom. The molecule has 0 saturated carbocycles. The Kier molecular flexibility index (Phi) is 6.25. The van der Waals surface area contributed by atoms with Gasteiger partial charge in [-0.05, 0) is 84.3 Å². The van der Waals surface area contributed by atoms with Crippen molar-refractivity contribution in [2.75, 3.05) is 5.32 Å². The summed E-state index contributed by atoms with van der Waals surface area (Å²) in [5.41, 5.74) is 5.05. The van der Waals surface area contributed by atoms with E-state index in [-0.39, 0.29) is 5.91 Å². The number of anilines is 1. The van der Waals surface area contributed by atoms with Crippen molar-refractivity contribution < 1.29 is 13.6 Å². The first-order valence-electron chi connectivity index (χ1n) is 11.3. The van der Waals surface area contributed by atoms with Crippen LogP contribution in [0.5, 0.6) is 0 Å². The summed E-state index contributed by atoms with van der Waals surface area (Å²) in [6.45, 7) is 4.32. The van der Waals surface area contributed by atoms with E-state index in [4.69, 9.17) is 20.4 Å². The monoisotopic (exact) mass is 482 g/mol. The van der Waals surface area contributed by atoms with Gasteiger partial charge in [0.25, 0.3) is 0 Å². The molecule has 5 rings (SSSR count). The zero-order valence-corrected chi connectivity index (χ0v) is 20.0. The predicted molar refractivity (Wildman–Crippen MR) is 140 cm³/mol. The molecule has 0 atom stereocenters. The minimum atomic E-state index is -0.276. The number of carbonyl (C=O) groups is 1. The molecule has 2 heterocycles. The normalized spacial score (nSPS) is 11.5. The van der Waals surface area contributed by atoms with Gasteiger partial charge in [-0.25, -0.2) is 4.98 Å². The fourth-order valence-electron chi connectivity index (χ4n) is 3.69. The van der Waals surface area contributed by atoms with Crippen LogP contribution in [0.2, 0.25) is 5.02 Å². The maximum Gasteiger partial charge on any atom is 0.248 e. The number of nitrogens with zero attached hydrogens (tertiary/aromatic N) is 1. The van der Waals surface area contributed by atoms with Gasteiger partial charge in [-0.15, -0.1) is 0 Å². The highest BCUT2D eigenvalue weighted by Gasteiger charge is 2.10. The van der Waals surface area contributed by atoms with Gasteiger partial charge in [-0.2, -0.15) is 0 Å². The van der Waals surface area contributed by atoms with Crippen molar-refractivity contribution in [3.8, 4) is 22.8 Å². The molecule has 5 nitrogen and oxygen atoms in total. The standard InChI is InChI=1S/C29H23ClN2O3/c1-18(2)19-3-5-21(6-4-19)29-32-25-17-23(11-14-27(25)35-29)31-28(33)16-13-24-12-15-26(34-24)20-7-9-22(30)10-8-20/h3-18H,1-2H3,(H,31,33)/b16-13+. The van der Waals surface area contributed by atoms with Crippen molar-refractivity contribution in [3.63, 3.8) is 0 Å². The van der Waals surface area contributed by atoms with E-state index in [2.05, 4.69) is 36.3 Å². The van der Waals surface area contributed by atoms with Crippen LogP contribution in [0.25, 0.3) is 40.0 Å². The van der Waals surface area contributed by atoms with E-state index in [0.29, 0.717) is 45.1 Å². The largest absolute Gasteiger partial charge is 0.457 e. The molecule has 3 aromatic carbocycles. The minimum Gasteiger partial charge on any atom is -0.457 e. The molecule has 1 amide bonds. The first kappa shape index (κ1) is 22.7. The van der Waals surface area contributed by atoms with Gasteiger partial charge in [-0.3, -0.25) is 4.79 Å². The summed E-state index contributed by atoms with van der Waals surface area (Å²) in [6.07, 6.45) is 3.06. The van der Waals surface area contributed by atoms with Crippen LogP contribution in [0.3, 0.4) is 0 Å². The predicted octanol–water partition coefficient (Wildman–Crippen LogP) is 8.18. The zero-order valence-electron chi connectivity index (χ0n) is 19.3. The molecule has 1 N–H and O–H groups in total. The van der Waals surface area contributed by atoms with E-state index in [9.17, 15) is 4.79 Å². The second-order valence-corrected chi connectivity index (χ2v) is 8.95. The molecule has 0 unspecified atom stereocenters. The average molecular weight is 483 g/mol. The van der Waals surface area contributed by atoms with Crippen LogP contribution in [0.1, 0.15) is 31.1 Å². The summed E-state index contributed by atoms with van der Waals surface area (Å²) in [6, 6.07) is 24.6. The number of hydrogen-bond acceptors (Lipinski definition) is 4. The lowest BCUT2D eigenvalue weighted by molar-refractivity contribution is -0.111. The number of fused-ring (bicyclic) bond motifs is 1. The fraction of sp³-hybridized carbons (Fsp3) is 0.103. The van der Waals surface area contributed by atoms with Gasteiger partial charge in [0.15, 0.2) is 5.58 Å². The molecular weight excluding hydrogens is 460 g/mol. The third kappa shape index (κ3) is 5.20. The Balaban J connectivity index is 1.26. The third-order valence-electron chi connectivity index (χ3n) is 5.63. The number of carbonyl (C=O) groups excluding carboxylic acids is 1. The summed E-state index contributed by atoms with van der Waals surface area (Å²) in [7, 11) is 0. The van der Waals surface area contributed by atoms with Crippen LogP contribution >= 0.6 is 11.6 Å². The Hall–Kier alpha value is -4.09. The molecule has 0 fully saturated rings. The van der Waals surface area contributed by atoms with E-state index in [1.54, 1.807) is 36.4 Å². The Morgan fingerprint density at radius 3 is 2.40 bits per heavy atom. The Bertz CT molecular complexity index is 1510. The second-order valence-electron chi connectivity index (χ2n) is 8.51. The SMILES string of the molecule is CC(C)c1ccc(-c2nc3cc(NC(=O)/C=C/c4ccc(-c5ccc(Cl)cc5)o4)ccc3o2)cc1. The number of aromatic nitrogens is 1. The van der Waals surface area contributed by atoms with Crippen molar-refractivity contribution >= 4 is 40.4 Å². The number of benzene rings is 3. The van der Waals surface area contributed by atoms with Gasteiger partial charge in [0.05, 0.1) is 0 Å². The second kappa shape index (κ2) is 9.65. The number of hydrogen-bond donors (Lipinski definition) is 1. The molecule has 0 radical (unpaired) electrons. The molecule has 0 spiro atoms. The maximum absolute atomic E-state index is 12.5. The summed E-state index contributed by atoms with van der Waals surface area (Å²) in [5.74, 6) is 2.01.